The Morgan fingerprint density at radius 1 is 0.810 bits per heavy atom. The second-order valence-electron chi connectivity index (χ2n) is 6.20. The molecule has 1 unspecified atom stereocenters. The summed E-state index contributed by atoms with van der Waals surface area (Å²) in [6.45, 7) is 7.69. The Morgan fingerprint density at radius 2 is 1.48 bits per heavy atom. The lowest BCUT2D eigenvalue weighted by Gasteiger charge is -2.14. The van der Waals surface area contributed by atoms with Crippen LogP contribution in [0.5, 0.6) is 0 Å². The molecule has 2 aromatic carbocycles. The van der Waals surface area contributed by atoms with E-state index in [4.69, 9.17) is 0 Å². The minimum atomic E-state index is 0.537. The van der Waals surface area contributed by atoms with E-state index in [1.165, 1.54) is 23.1 Å². The first-order chi connectivity index (χ1) is 10.1. The second-order valence-corrected chi connectivity index (χ2v) is 6.20. The molecule has 0 heterocycles. The van der Waals surface area contributed by atoms with Crippen molar-refractivity contribution in [2.45, 2.75) is 52.1 Å². The number of nitrogens with one attached hydrogen (secondary N) is 1. The molecule has 0 fully saturated rings. The van der Waals surface area contributed by atoms with Crippen molar-refractivity contribution in [2.24, 2.45) is 0 Å². The zero-order chi connectivity index (χ0) is 15.1. The van der Waals surface area contributed by atoms with Gasteiger partial charge < -0.3 is 5.32 Å². The molecular formula is C20H27N. The van der Waals surface area contributed by atoms with Crippen molar-refractivity contribution in [1.29, 1.82) is 0 Å². The molecule has 1 heteroatoms. The number of hydrogen-bond donors (Lipinski definition) is 1. The minimum Gasteiger partial charge on any atom is -0.310 e. The molecule has 0 aliphatic carbocycles. The Bertz CT molecular complexity index is 513. The van der Waals surface area contributed by atoms with Gasteiger partial charge in [-0.15, -0.1) is 0 Å². The van der Waals surface area contributed by atoms with Gasteiger partial charge in [-0.3, -0.25) is 0 Å². The van der Waals surface area contributed by atoms with Crippen molar-refractivity contribution in [3.63, 3.8) is 0 Å². The smallest absolute Gasteiger partial charge is 0.0207 e. The van der Waals surface area contributed by atoms with Gasteiger partial charge in [-0.05, 0) is 42.4 Å². The fourth-order valence-electron chi connectivity index (χ4n) is 2.44. The maximum atomic E-state index is 3.62. The maximum Gasteiger partial charge on any atom is 0.0207 e. The predicted molar refractivity (Wildman–Crippen MR) is 91.6 cm³/mol. The summed E-state index contributed by atoms with van der Waals surface area (Å²) in [5.74, 6) is 0.608. The van der Waals surface area contributed by atoms with Crippen molar-refractivity contribution in [1.82, 2.24) is 5.32 Å². The lowest BCUT2D eigenvalue weighted by atomic mass is 10.0. The molecule has 0 spiro atoms. The van der Waals surface area contributed by atoms with Crippen LogP contribution < -0.4 is 5.32 Å². The van der Waals surface area contributed by atoms with Crippen molar-refractivity contribution in [2.75, 3.05) is 0 Å². The number of aryl methyl sites for hydroxylation is 1. The topological polar surface area (TPSA) is 12.0 Å². The molecule has 0 aliphatic heterocycles. The second kappa shape index (κ2) is 7.99. The highest BCUT2D eigenvalue weighted by molar-refractivity contribution is 5.24. The summed E-state index contributed by atoms with van der Waals surface area (Å²) >= 11 is 0. The van der Waals surface area contributed by atoms with Crippen molar-refractivity contribution < 1.29 is 0 Å². The van der Waals surface area contributed by atoms with Crippen molar-refractivity contribution in [3.8, 4) is 0 Å². The molecule has 2 aromatic rings. The average molecular weight is 281 g/mol. The Morgan fingerprint density at radius 3 is 2.10 bits per heavy atom. The third-order valence-electron chi connectivity index (χ3n) is 4.01. The van der Waals surface area contributed by atoms with Crippen LogP contribution in [0.4, 0.5) is 0 Å². The third-order valence-corrected chi connectivity index (χ3v) is 4.01. The fraction of sp³-hybridized carbons (Fsp3) is 0.400. The van der Waals surface area contributed by atoms with Gasteiger partial charge in [0.2, 0.25) is 0 Å². The molecule has 0 aromatic heterocycles. The number of hydrogen-bond acceptors (Lipinski definition) is 1. The zero-order valence-electron chi connectivity index (χ0n) is 13.5. The summed E-state index contributed by atoms with van der Waals surface area (Å²) in [7, 11) is 0. The first-order valence-corrected chi connectivity index (χ1v) is 8.01. The van der Waals surface area contributed by atoms with Crippen LogP contribution in [-0.4, -0.2) is 6.04 Å². The van der Waals surface area contributed by atoms with Crippen LogP contribution in [-0.2, 0) is 13.0 Å². The van der Waals surface area contributed by atoms with E-state index >= 15 is 0 Å². The number of benzene rings is 2. The van der Waals surface area contributed by atoms with Gasteiger partial charge in [0.25, 0.3) is 0 Å². The highest BCUT2D eigenvalue weighted by Crippen LogP contribution is 2.14. The lowest BCUT2D eigenvalue weighted by molar-refractivity contribution is 0.514. The van der Waals surface area contributed by atoms with Crippen LogP contribution in [0.1, 0.15) is 49.8 Å². The van der Waals surface area contributed by atoms with Crippen LogP contribution in [0.25, 0.3) is 0 Å². The quantitative estimate of drug-likeness (QED) is 0.759. The largest absolute Gasteiger partial charge is 0.310 e. The summed E-state index contributed by atoms with van der Waals surface area (Å²) in [5.41, 5.74) is 4.20. The van der Waals surface area contributed by atoms with Crippen LogP contribution in [0.15, 0.2) is 54.6 Å². The molecule has 0 aliphatic rings. The van der Waals surface area contributed by atoms with Gasteiger partial charge in [-0.1, -0.05) is 68.4 Å². The maximum absolute atomic E-state index is 3.62. The molecule has 112 valence electrons. The molecule has 0 saturated heterocycles. The molecule has 1 atom stereocenters. The fourth-order valence-corrected chi connectivity index (χ4v) is 2.44. The summed E-state index contributed by atoms with van der Waals surface area (Å²) in [4.78, 5) is 0. The molecule has 1 nitrogen and oxygen atoms in total. The van der Waals surface area contributed by atoms with E-state index in [1.54, 1.807) is 0 Å². The average Bonchev–Trinajstić information content (AvgIpc) is 2.52. The lowest BCUT2D eigenvalue weighted by Crippen LogP contribution is -2.25. The van der Waals surface area contributed by atoms with E-state index in [9.17, 15) is 0 Å². The normalized spacial score (nSPS) is 12.6. The molecule has 21 heavy (non-hydrogen) atoms. The molecule has 0 saturated carbocycles. The molecule has 0 bridgehead atoms. The van der Waals surface area contributed by atoms with Crippen LogP contribution in [0, 0.1) is 0 Å². The zero-order valence-corrected chi connectivity index (χ0v) is 13.5. The van der Waals surface area contributed by atoms with E-state index in [2.05, 4.69) is 80.7 Å². The first-order valence-electron chi connectivity index (χ1n) is 8.01. The third kappa shape index (κ3) is 5.35. The number of rotatable bonds is 7. The summed E-state index contributed by atoms with van der Waals surface area (Å²) < 4.78 is 0. The van der Waals surface area contributed by atoms with E-state index in [0.29, 0.717) is 12.0 Å². The Labute approximate surface area is 129 Å². The Kier molecular flexibility index (Phi) is 6.01. The molecular weight excluding hydrogens is 254 g/mol. The molecule has 2 rings (SSSR count). The monoisotopic (exact) mass is 281 g/mol. The minimum absolute atomic E-state index is 0.537. The SMILES string of the molecule is CC(CCc1ccccc1)NCc1ccc(C(C)C)cc1. The van der Waals surface area contributed by atoms with Gasteiger partial charge in [0.15, 0.2) is 0 Å². The molecule has 0 radical (unpaired) electrons. The first kappa shape index (κ1) is 15.8. The van der Waals surface area contributed by atoms with Crippen LogP contribution in [0.2, 0.25) is 0 Å². The Hall–Kier alpha value is -1.60. The van der Waals surface area contributed by atoms with Gasteiger partial charge in [-0.25, -0.2) is 0 Å². The van der Waals surface area contributed by atoms with Gasteiger partial charge >= 0.3 is 0 Å². The van der Waals surface area contributed by atoms with Gasteiger partial charge in [0, 0.05) is 12.6 Å². The van der Waals surface area contributed by atoms with Crippen molar-refractivity contribution >= 4 is 0 Å². The van der Waals surface area contributed by atoms with Gasteiger partial charge in [-0.2, -0.15) is 0 Å². The molecule has 1 N–H and O–H groups in total. The van der Waals surface area contributed by atoms with Crippen molar-refractivity contribution in [3.05, 3.63) is 71.3 Å². The van der Waals surface area contributed by atoms with E-state index in [1.807, 2.05) is 0 Å². The molecule has 0 amide bonds. The van der Waals surface area contributed by atoms with Gasteiger partial charge in [0.1, 0.15) is 0 Å². The van der Waals surface area contributed by atoms with E-state index in [-0.39, 0.29) is 0 Å². The summed E-state index contributed by atoms with van der Waals surface area (Å²) in [5, 5.41) is 3.62. The highest BCUT2D eigenvalue weighted by Gasteiger charge is 2.03. The van der Waals surface area contributed by atoms with E-state index in [0.717, 1.165) is 13.0 Å². The van der Waals surface area contributed by atoms with Crippen LogP contribution >= 0.6 is 0 Å². The Balaban J connectivity index is 1.74. The summed E-state index contributed by atoms with van der Waals surface area (Å²) in [6.07, 6.45) is 2.31. The van der Waals surface area contributed by atoms with E-state index < -0.39 is 0 Å². The van der Waals surface area contributed by atoms with Crippen LogP contribution in [0.3, 0.4) is 0 Å². The van der Waals surface area contributed by atoms with Gasteiger partial charge in [0.05, 0.1) is 0 Å². The predicted octanol–water partition coefficient (Wildman–Crippen LogP) is 4.92. The standard InChI is InChI=1S/C20H27N/c1-16(2)20-13-11-19(12-14-20)15-21-17(3)9-10-18-7-5-4-6-8-18/h4-8,11-14,16-17,21H,9-10,15H2,1-3H3. The highest BCUT2D eigenvalue weighted by atomic mass is 14.9. The summed E-state index contributed by atoms with van der Waals surface area (Å²) in [6, 6.07) is 20.2.